The first-order valence-electron chi connectivity index (χ1n) is 9.02. The van der Waals surface area contributed by atoms with Crippen LogP contribution in [0.5, 0.6) is 0 Å². The standard InChI is InChI=1S/C20H22Cl2N2O3S/c1-13-5-6-14(2)19(10-13)28(26,27)24-9-3-4-15(12-24)20(25)23-16-7-8-17(21)18(22)11-16/h5-8,10-11,15H,3-4,9,12H2,1-2H3,(H,23,25)/t15-/m1/s1. The van der Waals surface area contributed by atoms with Gasteiger partial charge < -0.3 is 5.32 Å². The number of anilines is 1. The highest BCUT2D eigenvalue weighted by molar-refractivity contribution is 7.89. The molecule has 2 aromatic rings. The summed E-state index contributed by atoms with van der Waals surface area (Å²) in [5, 5.41) is 3.56. The molecule has 1 saturated heterocycles. The van der Waals surface area contributed by atoms with E-state index in [1.165, 1.54) is 4.31 Å². The Hall–Kier alpha value is -1.60. The first-order valence-corrected chi connectivity index (χ1v) is 11.2. The number of benzene rings is 2. The fourth-order valence-corrected chi connectivity index (χ4v) is 5.45. The van der Waals surface area contributed by atoms with E-state index < -0.39 is 15.9 Å². The van der Waals surface area contributed by atoms with Gasteiger partial charge in [0.1, 0.15) is 0 Å². The molecule has 5 nitrogen and oxygen atoms in total. The molecule has 1 amide bonds. The number of rotatable bonds is 4. The molecule has 0 bridgehead atoms. The molecule has 1 atom stereocenters. The molecule has 0 saturated carbocycles. The van der Waals surface area contributed by atoms with Gasteiger partial charge in [0.2, 0.25) is 15.9 Å². The fourth-order valence-electron chi connectivity index (χ4n) is 3.32. The van der Waals surface area contributed by atoms with E-state index in [9.17, 15) is 13.2 Å². The van der Waals surface area contributed by atoms with E-state index in [0.29, 0.717) is 45.6 Å². The van der Waals surface area contributed by atoms with Gasteiger partial charge in [-0.2, -0.15) is 4.31 Å². The quantitative estimate of drug-likeness (QED) is 0.751. The monoisotopic (exact) mass is 440 g/mol. The molecule has 0 aromatic heterocycles. The predicted molar refractivity (Wildman–Crippen MR) is 112 cm³/mol. The van der Waals surface area contributed by atoms with Crippen LogP contribution in [0.25, 0.3) is 0 Å². The van der Waals surface area contributed by atoms with Gasteiger partial charge in [0.15, 0.2) is 0 Å². The van der Waals surface area contributed by atoms with E-state index in [-0.39, 0.29) is 12.5 Å². The summed E-state index contributed by atoms with van der Waals surface area (Å²) in [5.74, 6) is -0.651. The normalized spacial score (nSPS) is 18.1. The number of carbonyl (C=O) groups is 1. The number of carbonyl (C=O) groups excluding carboxylic acids is 1. The average molecular weight is 441 g/mol. The first-order chi connectivity index (χ1) is 13.2. The highest BCUT2D eigenvalue weighted by Gasteiger charge is 2.34. The molecular weight excluding hydrogens is 419 g/mol. The number of nitrogens with one attached hydrogen (secondary N) is 1. The molecule has 150 valence electrons. The number of aryl methyl sites for hydroxylation is 2. The Kier molecular flexibility index (Phi) is 6.34. The van der Waals surface area contributed by atoms with Gasteiger partial charge in [0.05, 0.1) is 20.9 Å². The molecule has 1 heterocycles. The fraction of sp³-hybridized carbons (Fsp3) is 0.350. The van der Waals surface area contributed by atoms with Gasteiger partial charge in [-0.1, -0.05) is 35.3 Å². The number of hydrogen-bond acceptors (Lipinski definition) is 3. The lowest BCUT2D eigenvalue weighted by Gasteiger charge is -2.31. The lowest BCUT2D eigenvalue weighted by Crippen LogP contribution is -2.43. The maximum atomic E-state index is 13.1. The van der Waals surface area contributed by atoms with Crippen molar-refractivity contribution in [2.75, 3.05) is 18.4 Å². The molecule has 0 unspecified atom stereocenters. The summed E-state index contributed by atoms with van der Waals surface area (Å²) in [4.78, 5) is 13.0. The Bertz CT molecular complexity index is 1010. The molecule has 1 N–H and O–H groups in total. The summed E-state index contributed by atoms with van der Waals surface area (Å²) >= 11 is 11.9. The van der Waals surface area contributed by atoms with Crippen LogP contribution >= 0.6 is 23.2 Å². The van der Waals surface area contributed by atoms with Crippen molar-refractivity contribution in [1.82, 2.24) is 4.31 Å². The largest absolute Gasteiger partial charge is 0.326 e. The van der Waals surface area contributed by atoms with Gasteiger partial charge in [-0.05, 0) is 62.1 Å². The maximum absolute atomic E-state index is 13.1. The lowest BCUT2D eigenvalue weighted by molar-refractivity contribution is -0.120. The Morgan fingerprint density at radius 1 is 1.11 bits per heavy atom. The summed E-state index contributed by atoms with van der Waals surface area (Å²) in [7, 11) is -3.65. The second kappa shape index (κ2) is 8.41. The van der Waals surface area contributed by atoms with Gasteiger partial charge in [-0.3, -0.25) is 4.79 Å². The second-order valence-corrected chi connectivity index (χ2v) is 9.81. The molecule has 3 rings (SSSR count). The third-order valence-corrected chi connectivity index (χ3v) is 7.65. The van der Waals surface area contributed by atoms with Gasteiger partial charge in [0.25, 0.3) is 0 Å². The van der Waals surface area contributed by atoms with Crippen LogP contribution in [-0.4, -0.2) is 31.7 Å². The molecule has 0 radical (unpaired) electrons. The van der Waals surface area contributed by atoms with Crippen molar-refractivity contribution in [1.29, 1.82) is 0 Å². The van der Waals surface area contributed by atoms with Crippen LogP contribution in [0.4, 0.5) is 5.69 Å². The van der Waals surface area contributed by atoms with E-state index in [1.54, 1.807) is 37.3 Å². The summed E-state index contributed by atoms with van der Waals surface area (Å²) in [6.45, 7) is 4.21. The molecule has 0 spiro atoms. The number of nitrogens with zero attached hydrogens (tertiary/aromatic N) is 1. The SMILES string of the molecule is Cc1ccc(C)c(S(=O)(=O)N2CCC[C@@H](C(=O)Nc3ccc(Cl)c(Cl)c3)C2)c1. The summed E-state index contributed by atoms with van der Waals surface area (Å²) in [6, 6.07) is 10.2. The van der Waals surface area contributed by atoms with Gasteiger partial charge >= 0.3 is 0 Å². The molecule has 0 aliphatic carbocycles. The third-order valence-electron chi connectivity index (χ3n) is 4.90. The Morgan fingerprint density at radius 2 is 1.86 bits per heavy atom. The smallest absolute Gasteiger partial charge is 0.243 e. The topological polar surface area (TPSA) is 66.5 Å². The van der Waals surface area contributed by atoms with E-state index in [0.717, 1.165) is 5.56 Å². The summed E-state index contributed by atoms with van der Waals surface area (Å²) < 4.78 is 27.7. The van der Waals surface area contributed by atoms with Crippen molar-refractivity contribution in [2.24, 2.45) is 5.92 Å². The Morgan fingerprint density at radius 3 is 2.57 bits per heavy atom. The molecule has 1 aliphatic heterocycles. The van der Waals surface area contributed by atoms with E-state index in [1.807, 2.05) is 13.0 Å². The molecule has 1 fully saturated rings. The zero-order valence-electron chi connectivity index (χ0n) is 15.7. The van der Waals surface area contributed by atoms with Gasteiger partial charge in [0, 0.05) is 18.8 Å². The second-order valence-electron chi connectivity index (χ2n) is 7.09. The Balaban J connectivity index is 1.76. The van der Waals surface area contributed by atoms with Crippen molar-refractivity contribution in [3.63, 3.8) is 0 Å². The molecule has 28 heavy (non-hydrogen) atoms. The van der Waals surface area contributed by atoms with Crippen molar-refractivity contribution < 1.29 is 13.2 Å². The van der Waals surface area contributed by atoms with Crippen molar-refractivity contribution in [2.45, 2.75) is 31.6 Å². The molecule has 2 aromatic carbocycles. The van der Waals surface area contributed by atoms with Crippen molar-refractivity contribution in [3.05, 3.63) is 57.6 Å². The highest BCUT2D eigenvalue weighted by Crippen LogP contribution is 2.28. The maximum Gasteiger partial charge on any atom is 0.243 e. The van der Waals surface area contributed by atoms with Crippen LogP contribution in [0, 0.1) is 19.8 Å². The third kappa shape index (κ3) is 4.51. The summed E-state index contributed by atoms with van der Waals surface area (Å²) in [6.07, 6.45) is 1.26. The van der Waals surface area contributed by atoms with Crippen molar-refractivity contribution in [3.8, 4) is 0 Å². The lowest BCUT2D eigenvalue weighted by atomic mass is 9.99. The molecule has 8 heteroatoms. The van der Waals surface area contributed by atoms with Gasteiger partial charge in [-0.25, -0.2) is 8.42 Å². The Labute approximate surface area is 175 Å². The minimum atomic E-state index is -3.65. The summed E-state index contributed by atoms with van der Waals surface area (Å²) in [5.41, 5.74) is 2.12. The highest BCUT2D eigenvalue weighted by atomic mass is 35.5. The molecular formula is C20H22Cl2N2O3S. The first kappa shape index (κ1) is 21.1. The van der Waals surface area contributed by atoms with E-state index >= 15 is 0 Å². The van der Waals surface area contributed by atoms with Gasteiger partial charge in [-0.15, -0.1) is 0 Å². The van der Waals surface area contributed by atoms with Crippen LogP contribution < -0.4 is 5.32 Å². The number of amides is 1. The van der Waals surface area contributed by atoms with Crippen LogP contribution in [0.1, 0.15) is 24.0 Å². The predicted octanol–water partition coefficient (Wildman–Crippen LogP) is 4.65. The zero-order valence-corrected chi connectivity index (χ0v) is 18.0. The molecule has 1 aliphatic rings. The van der Waals surface area contributed by atoms with Crippen LogP contribution in [0.3, 0.4) is 0 Å². The number of piperidine rings is 1. The zero-order chi connectivity index (χ0) is 20.5. The van der Waals surface area contributed by atoms with E-state index in [2.05, 4.69) is 5.32 Å². The van der Waals surface area contributed by atoms with Crippen molar-refractivity contribution >= 4 is 44.8 Å². The minimum absolute atomic E-state index is 0.156. The number of sulfonamides is 1. The van der Waals surface area contributed by atoms with E-state index in [4.69, 9.17) is 23.2 Å². The number of halogens is 2. The van der Waals surface area contributed by atoms with Crippen LogP contribution in [0.2, 0.25) is 10.0 Å². The van der Waals surface area contributed by atoms with Crippen LogP contribution in [0.15, 0.2) is 41.3 Å². The average Bonchev–Trinajstić information content (AvgIpc) is 2.66. The minimum Gasteiger partial charge on any atom is -0.326 e. The number of hydrogen-bond donors (Lipinski definition) is 1. The van der Waals surface area contributed by atoms with Crippen LogP contribution in [-0.2, 0) is 14.8 Å².